The van der Waals surface area contributed by atoms with Gasteiger partial charge in [-0.2, -0.15) is 5.26 Å². The molecule has 1 saturated carbocycles. The Hall–Kier alpha value is -2.17. The fourth-order valence-electron chi connectivity index (χ4n) is 4.22. The van der Waals surface area contributed by atoms with Crippen molar-refractivity contribution in [1.29, 1.82) is 5.26 Å². The number of hydrogen-bond acceptors (Lipinski definition) is 5. The lowest BCUT2D eigenvalue weighted by Gasteiger charge is -2.63. The van der Waals surface area contributed by atoms with Gasteiger partial charge in [0.2, 0.25) is 5.82 Å². The number of amides is 1. The van der Waals surface area contributed by atoms with E-state index in [4.69, 9.17) is 21.6 Å². The molecule has 1 aromatic heterocycles. The molecule has 1 fully saturated rings. The summed E-state index contributed by atoms with van der Waals surface area (Å²) in [6.07, 6.45) is 2.92. The maximum atomic E-state index is 12.6. The van der Waals surface area contributed by atoms with E-state index in [2.05, 4.69) is 31.2 Å². The number of nitrogens with zero attached hydrogens (tertiary/aromatic N) is 3. The van der Waals surface area contributed by atoms with Gasteiger partial charge in [0, 0.05) is 35.3 Å². The van der Waals surface area contributed by atoms with Crippen LogP contribution in [0, 0.1) is 22.2 Å². The molecule has 0 atom stereocenters. The van der Waals surface area contributed by atoms with E-state index in [9.17, 15) is 4.79 Å². The minimum Gasteiger partial charge on any atom is -0.489 e. The zero-order chi connectivity index (χ0) is 20.7. The molecule has 6 nitrogen and oxygen atoms in total. The first-order chi connectivity index (χ1) is 13.1. The Labute approximate surface area is 177 Å². The van der Waals surface area contributed by atoms with Gasteiger partial charge in [0.1, 0.15) is 17.9 Å². The predicted octanol–water partition coefficient (Wildman–Crippen LogP) is 4.38. The van der Waals surface area contributed by atoms with E-state index in [1.807, 2.05) is 33.8 Å². The van der Waals surface area contributed by atoms with Gasteiger partial charge >= 0.3 is 0 Å². The van der Waals surface area contributed by atoms with Gasteiger partial charge in [0.25, 0.3) is 5.91 Å². The minimum atomic E-state index is -0.338. The van der Waals surface area contributed by atoms with Crippen molar-refractivity contribution in [2.24, 2.45) is 10.8 Å². The molecule has 1 aliphatic rings. The molecule has 8 heteroatoms. The van der Waals surface area contributed by atoms with Gasteiger partial charge in [-0.25, -0.2) is 9.97 Å². The van der Waals surface area contributed by atoms with E-state index < -0.39 is 0 Å². The van der Waals surface area contributed by atoms with Gasteiger partial charge < -0.3 is 10.1 Å². The Kier molecular flexibility index (Phi) is 5.39. The summed E-state index contributed by atoms with van der Waals surface area (Å²) in [5.74, 6) is 0.396. The van der Waals surface area contributed by atoms with Crippen molar-refractivity contribution in [2.45, 2.75) is 39.8 Å². The zero-order valence-electron chi connectivity index (χ0n) is 16.0. The Morgan fingerprint density at radius 1 is 1.25 bits per heavy atom. The normalized spacial score (nSPS) is 21.9. The van der Waals surface area contributed by atoms with Crippen LogP contribution in [0.15, 0.2) is 35.1 Å². The molecular formula is C20H20BrClN4O2. The van der Waals surface area contributed by atoms with Crippen LogP contribution in [0.2, 0.25) is 5.02 Å². The van der Waals surface area contributed by atoms with Gasteiger partial charge in [0.05, 0.1) is 15.1 Å². The molecule has 146 valence electrons. The maximum Gasteiger partial charge on any atom is 0.289 e. The largest absolute Gasteiger partial charge is 0.489 e. The van der Waals surface area contributed by atoms with Crippen LogP contribution >= 0.6 is 27.5 Å². The first-order valence-corrected chi connectivity index (χ1v) is 9.89. The number of ether oxygens (including phenoxy) is 1. The summed E-state index contributed by atoms with van der Waals surface area (Å²) < 4.78 is 6.92. The highest BCUT2D eigenvalue weighted by molar-refractivity contribution is 9.10. The van der Waals surface area contributed by atoms with Crippen molar-refractivity contribution in [3.05, 3.63) is 51.5 Å². The zero-order valence-corrected chi connectivity index (χ0v) is 18.3. The Balaban J connectivity index is 1.76. The number of rotatable bonds is 4. The number of halogens is 2. The smallest absolute Gasteiger partial charge is 0.289 e. The van der Waals surface area contributed by atoms with Crippen LogP contribution in [-0.2, 0) is 0 Å². The summed E-state index contributed by atoms with van der Waals surface area (Å²) in [6, 6.07) is 6.91. The first-order valence-electron chi connectivity index (χ1n) is 8.72. The molecule has 1 aromatic carbocycles. The number of benzene rings is 1. The molecular weight excluding hydrogens is 444 g/mol. The molecule has 3 rings (SSSR count). The van der Waals surface area contributed by atoms with Gasteiger partial charge in [0.15, 0.2) is 0 Å². The fraction of sp³-hybridized carbons (Fsp3) is 0.400. The molecule has 0 radical (unpaired) electrons. The molecule has 0 aliphatic heterocycles. The van der Waals surface area contributed by atoms with Crippen LogP contribution in [-0.4, -0.2) is 28.0 Å². The molecule has 1 heterocycles. The quantitative estimate of drug-likeness (QED) is 0.727. The van der Waals surface area contributed by atoms with Crippen LogP contribution in [0.5, 0.6) is 5.75 Å². The monoisotopic (exact) mass is 462 g/mol. The van der Waals surface area contributed by atoms with E-state index in [1.165, 1.54) is 0 Å². The number of carbonyl (C=O) groups excluding carboxylic acids is 1. The third-order valence-corrected chi connectivity index (χ3v) is 5.98. The Morgan fingerprint density at radius 3 is 2.39 bits per heavy atom. The van der Waals surface area contributed by atoms with Crippen molar-refractivity contribution >= 4 is 33.4 Å². The van der Waals surface area contributed by atoms with E-state index >= 15 is 0 Å². The van der Waals surface area contributed by atoms with Crippen molar-refractivity contribution in [3.63, 3.8) is 0 Å². The van der Waals surface area contributed by atoms with E-state index in [-0.39, 0.29) is 34.7 Å². The molecule has 0 unspecified atom stereocenters. The van der Waals surface area contributed by atoms with Crippen molar-refractivity contribution < 1.29 is 9.53 Å². The summed E-state index contributed by atoms with van der Waals surface area (Å²) in [5.41, 5.74) is -0.273. The number of nitrogens with one attached hydrogen (secondary N) is 1. The summed E-state index contributed by atoms with van der Waals surface area (Å²) in [6.45, 7) is 8.17. The lowest BCUT2D eigenvalue weighted by molar-refractivity contribution is -0.164. The van der Waals surface area contributed by atoms with E-state index in [1.54, 1.807) is 30.6 Å². The van der Waals surface area contributed by atoms with Gasteiger partial charge in [-0.3, -0.25) is 4.79 Å². The number of carbonyl (C=O) groups is 1. The highest BCUT2D eigenvalue weighted by atomic mass is 79.9. The molecule has 2 aromatic rings. The SMILES string of the molecule is CC1(C)C(NC(=O)c2ncc(Br)cn2)C(C)(C)C1Oc1ccc(C#N)c(Cl)c1. The van der Waals surface area contributed by atoms with Crippen LogP contribution < -0.4 is 10.1 Å². The summed E-state index contributed by atoms with van der Waals surface area (Å²) in [5, 5.41) is 12.4. The van der Waals surface area contributed by atoms with Gasteiger partial charge in [-0.1, -0.05) is 39.3 Å². The lowest BCUT2D eigenvalue weighted by atomic mass is 9.49. The number of hydrogen-bond donors (Lipinski definition) is 1. The predicted molar refractivity (Wildman–Crippen MR) is 109 cm³/mol. The van der Waals surface area contributed by atoms with Gasteiger partial charge in [-0.15, -0.1) is 0 Å². The van der Waals surface area contributed by atoms with Crippen LogP contribution in [0.1, 0.15) is 43.9 Å². The average molecular weight is 464 g/mol. The van der Waals surface area contributed by atoms with Crippen LogP contribution in [0.25, 0.3) is 0 Å². The molecule has 0 saturated heterocycles. The molecule has 0 bridgehead atoms. The first kappa shape index (κ1) is 20.6. The van der Waals surface area contributed by atoms with Crippen molar-refractivity contribution in [2.75, 3.05) is 0 Å². The second kappa shape index (κ2) is 7.34. The minimum absolute atomic E-state index is 0.123. The second-order valence-corrected chi connectivity index (χ2v) is 9.35. The Bertz CT molecular complexity index is 938. The van der Waals surface area contributed by atoms with Crippen molar-refractivity contribution in [1.82, 2.24) is 15.3 Å². The summed E-state index contributed by atoms with van der Waals surface area (Å²) in [4.78, 5) is 20.7. The Morgan fingerprint density at radius 2 is 1.86 bits per heavy atom. The standard InChI is InChI=1S/C20H20BrClN4O2/c1-19(2)17(26-16(27)15-24-9-12(21)10-25-15)20(3,4)18(19)28-13-6-5-11(8-23)14(22)7-13/h5-7,9-10,17-18H,1-4H3,(H,26,27). The van der Waals surface area contributed by atoms with Crippen LogP contribution in [0.4, 0.5) is 0 Å². The highest BCUT2D eigenvalue weighted by Gasteiger charge is 2.64. The van der Waals surface area contributed by atoms with Gasteiger partial charge in [-0.05, 0) is 28.1 Å². The van der Waals surface area contributed by atoms with Crippen LogP contribution in [0.3, 0.4) is 0 Å². The molecule has 1 aliphatic carbocycles. The lowest BCUT2D eigenvalue weighted by Crippen LogP contribution is -2.74. The summed E-state index contributed by atoms with van der Waals surface area (Å²) in [7, 11) is 0. The van der Waals surface area contributed by atoms with E-state index in [0.29, 0.717) is 20.8 Å². The molecule has 1 N–H and O–H groups in total. The topological polar surface area (TPSA) is 87.9 Å². The van der Waals surface area contributed by atoms with E-state index in [0.717, 1.165) is 0 Å². The highest BCUT2D eigenvalue weighted by Crippen LogP contribution is 2.55. The molecule has 1 amide bonds. The third kappa shape index (κ3) is 3.59. The summed E-state index contributed by atoms with van der Waals surface area (Å²) >= 11 is 9.38. The number of aromatic nitrogens is 2. The van der Waals surface area contributed by atoms with Crippen molar-refractivity contribution in [3.8, 4) is 11.8 Å². The maximum absolute atomic E-state index is 12.6. The second-order valence-electron chi connectivity index (χ2n) is 8.03. The molecule has 0 spiro atoms. The molecule has 28 heavy (non-hydrogen) atoms. The fourth-order valence-corrected chi connectivity index (χ4v) is 4.64. The average Bonchev–Trinajstić information content (AvgIpc) is 2.64. The number of nitriles is 1. The third-order valence-electron chi connectivity index (χ3n) is 5.25.